The molecule has 1 aliphatic heterocycles. The van der Waals surface area contributed by atoms with Gasteiger partial charge in [0.05, 0.1) is 6.61 Å². The van der Waals surface area contributed by atoms with Gasteiger partial charge in [-0.15, -0.1) is 0 Å². The molecule has 1 aromatic heterocycles. The third-order valence-corrected chi connectivity index (χ3v) is 7.75. The molecule has 2 unspecified atom stereocenters. The molecule has 4 N–H and O–H groups in total. The molecule has 1 aliphatic rings. The van der Waals surface area contributed by atoms with Crippen molar-refractivity contribution in [2.75, 3.05) is 13.7 Å². The Hall–Kier alpha value is -1.37. The molecule has 2 heterocycles. The number of nitrogens with one attached hydrogen (secondary N) is 1. The maximum absolute atomic E-state index is 12.0. The molecule has 0 spiro atoms. The van der Waals surface area contributed by atoms with Gasteiger partial charge < -0.3 is 28.7 Å². The summed E-state index contributed by atoms with van der Waals surface area (Å²) in [5.74, 6) is -0.760. The number of ketones is 1. The number of aromatic nitrogens is 2. The first-order chi connectivity index (χ1) is 13.2. The van der Waals surface area contributed by atoms with Gasteiger partial charge in [0.2, 0.25) is 0 Å². The molecule has 0 aromatic carbocycles. The fraction of sp³-hybridized carbons (Fsp3) is 0.615. The molecular formula is C13H20BN2O11P2. The first kappa shape index (κ1) is 23.9. The number of ether oxygens (including phenoxy) is 1. The first-order valence-electron chi connectivity index (χ1n) is 8.14. The Bertz CT molecular complexity index is 1010. The molecule has 16 heteroatoms. The van der Waals surface area contributed by atoms with Gasteiger partial charge in [-0.25, -0.2) is 4.79 Å². The van der Waals surface area contributed by atoms with Gasteiger partial charge in [-0.05, 0) is 13.8 Å². The number of hydrogen-bond acceptors (Lipinski definition) is 9. The van der Waals surface area contributed by atoms with Crippen LogP contribution in [0.3, 0.4) is 0 Å². The van der Waals surface area contributed by atoms with E-state index in [4.69, 9.17) is 9.26 Å². The van der Waals surface area contributed by atoms with Crippen LogP contribution in [0, 0.1) is 6.92 Å². The molecule has 0 saturated carbocycles. The van der Waals surface area contributed by atoms with Crippen molar-refractivity contribution in [3.05, 3.63) is 32.6 Å². The van der Waals surface area contributed by atoms with Crippen LogP contribution in [0.4, 0.5) is 0 Å². The van der Waals surface area contributed by atoms with Crippen LogP contribution in [0.5, 0.6) is 0 Å². The molecule has 1 radical (unpaired) electrons. The summed E-state index contributed by atoms with van der Waals surface area (Å²) in [4.78, 5) is 56.6. The van der Waals surface area contributed by atoms with Crippen molar-refractivity contribution < 1.29 is 42.6 Å². The van der Waals surface area contributed by atoms with Gasteiger partial charge in [0.1, 0.15) is 12.3 Å². The maximum atomic E-state index is 12.0. The van der Waals surface area contributed by atoms with Gasteiger partial charge >= 0.3 is 12.4 Å². The second-order valence-corrected chi connectivity index (χ2v) is 10.3. The molecule has 2 rings (SSSR count). The number of aromatic amines is 1. The fourth-order valence-electron chi connectivity index (χ4n) is 2.70. The van der Waals surface area contributed by atoms with E-state index < -0.39 is 62.9 Å². The van der Waals surface area contributed by atoms with Gasteiger partial charge in [-0.2, -0.15) is 0 Å². The highest BCUT2D eigenvalue weighted by Gasteiger charge is 2.52. The van der Waals surface area contributed by atoms with E-state index in [1.165, 1.54) is 13.1 Å². The van der Waals surface area contributed by atoms with Gasteiger partial charge in [0.15, 0.2) is 11.4 Å². The van der Waals surface area contributed by atoms with Crippen LogP contribution in [0.15, 0.2) is 15.8 Å². The van der Waals surface area contributed by atoms with Gasteiger partial charge in [0, 0.05) is 25.3 Å². The normalized spacial score (nSPS) is 28.5. The maximum Gasteiger partial charge on any atom is 0.425 e. The first-order valence-corrected chi connectivity index (χ1v) is 11.4. The van der Waals surface area contributed by atoms with Crippen LogP contribution in [-0.4, -0.2) is 62.4 Å². The zero-order chi connectivity index (χ0) is 22.2. The van der Waals surface area contributed by atoms with E-state index in [0.717, 1.165) is 18.6 Å². The summed E-state index contributed by atoms with van der Waals surface area (Å²) in [5, 5.41) is 10.7. The average molecular weight is 453 g/mol. The largest absolute Gasteiger partial charge is 0.425 e. The summed E-state index contributed by atoms with van der Waals surface area (Å²) in [6.45, 7) is 1.76. The van der Waals surface area contributed by atoms with E-state index in [0.29, 0.717) is 0 Å². The Kier molecular flexibility index (Phi) is 6.93. The van der Waals surface area contributed by atoms with E-state index in [2.05, 4.69) is 9.51 Å². The van der Waals surface area contributed by atoms with Crippen LogP contribution in [0.1, 0.15) is 25.1 Å². The van der Waals surface area contributed by atoms with Crippen molar-refractivity contribution in [1.29, 1.82) is 0 Å². The molecule has 1 aromatic rings. The lowest BCUT2D eigenvalue weighted by Gasteiger charge is -2.26. The highest BCUT2D eigenvalue weighted by molar-refractivity contribution is 8.12. The van der Waals surface area contributed by atoms with Gasteiger partial charge in [-0.3, -0.25) is 28.3 Å². The monoisotopic (exact) mass is 453 g/mol. The predicted octanol–water partition coefficient (Wildman–Crippen LogP) is -0.979. The number of aliphatic hydroxyl groups is 1. The number of carbonyl (C=O) groups excluding carboxylic acids is 1. The van der Waals surface area contributed by atoms with Crippen molar-refractivity contribution in [3.8, 4) is 0 Å². The summed E-state index contributed by atoms with van der Waals surface area (Å²) in [6, 6.07) is 0. The fourth-order valence-corrected chi connectivity index (χ4v) is 5.17. The summed E-state index contributed by atoms with van der Waals surface area (Å²) in [6.07, 6.45) is -1.90. The van der Waals surface area contributed by atoms with Crippen molar-refractivity contribution in [2.45, 2.75) is 38.2 Å². The van der Waals surface area contributed by atoms with Crippen molar-refractivity contribution in [2.24, 2.45) is 0 Å². The van der Waals surface area contributed by atoms with Crippen molar-refractivity contribution in [1.82, 2.24) is 9.55 Å². The number of nitrogens with zero attached hydrogens (tertiary/aromatic N) is 1. The van der Waals surface area contributed by atoms with Crippen LogP contribution >= 0.6 is 14.9 Å². The average Bonchev–Trinajstić information content (AvgIpc) is 2.93. The van der Waals surface area contributed by atoms with Crippen LogP contribution in [-0.2, 0) is 27.7 Å². The quantitative estimate of drug-likeness (QED) is 0.279. The highest BCUT2D eigenvalue weighted by atomic mass is 31.2. The van der Waals surface area contributed by atoms with E-state index in [1.54, 1.807) is 0 Å². The standard InChI is InChI=1S/C13H20BN2O11P2/c1-7-5-16(12(19)15-11(7)18)10-4-13(20,8(2)17)9(27-10)6-26-29(23,24)14-28(21,22)25-3/h5,9-10,20H,4,6H2,1-3H3,(H,21,22)(H,23,24)(H,15,18,19)/t9-,10-,13-/m1/s1. The minimum absolute atomic E-state index is 0.0923. The summed E-state index contributed by atoms with van der Waals surface area (Å²) < 4.78 is 38.7. The molecular weight excluding hydrogens is 433 g/mol. The molecule has 0 bridgehead atoms. The van der Waals surface area contributed by atoms with Crippen molar-refractivity contribution >= 4 is 27.5 Å². The Morgan fingerprint density at radius 3 is 2.59 bits per heavy atom. The number of H-pyrrole nitrogens is 1. The molecule has 0 aliphatic carbocycles. The second-order valence-electron chi connectivity index (χ2n) is 6.46. The third kappa shape index (κ3) is 5.42. The summed E-state index contributed by atoms with van der Waals surface area (Å²) in [7, 11) is -8.42. The minimum atomic E-state index is -4.77. The second kappa shape index (κ2) is 8.40. The lowest BCUT2D eigenvalue weighted by molar-refractivity contribution is -0.143. The lowest BCUT2D eigenvalue weighted by atomic mass is 9.91. The van der Waals surface area contributed by atoms with E-state index in [1.807, 2.05) is 0 Å². The van der Waals surface area contributed by atoms with Gasteiger partial charge in [-0.1, -0.05) is 0 Å². The van der Waals surface area contributed by atoms with Crippen LogP contribution < -0.4 is 11.2 Å². The molecule has 1 saturated heterocycles. The Labute approximate surface area is 164 Å². The Morgan fingerprint density at radius 1 is 1.41 bits per heavy atom. The molecule has 161 valence electrons. The zero-order valence-electron chi connectivity index (χ0n) is 15.7. The molecule has 5 atom stereocenters. The highest BCUT2D eigenvalue weighted by Crippen LogP contribution is 2.55. The summed E-state index contributed by atoms with van der Waals surface area (Å²) in [5.41, 5.74) is -3.47. The number of aryl methyl sites for hydroxylation is 1. The van der Waals surface area contributed by atoms with Gasteiger partial charge in [0.25, 0.3) is 20.5 Å². The molecule has 1 fully saturated rings. The van der Waals surface area contributed by atoms with Crippen LogP contribution in [0.25, 0.3) is 0 Å². The number of hydrogen-bond donors (Lipinski definition) is 4. The minimum Gasteiger partial charge on any atom is -0.379 e. The molecule has 29 heavy (non-hydrogen) atoms. The smallest absolute Gasteiger partial charge is 0.379 e. The third-order valence-electron chi connectivity index (χ3n) is 4.37. The molecule has 0 amide bonds. The number of rotatable bonds is 8. The Balaban J connectivity index is 2.25. The SMILES string of the molecule is COP(=O)(O)[B]P(=O)(O)OC[C@H]1O[C@@H](n2cc(C)c(=O)[nH]c2=O)C[C@@]1(O)C(C)=O. The van der Waals surface area contributed by atoms with E-state index in [-0.39, 0.29) is 12.3 Å². The lowest BCUT2D eigenvalue weighted by Crippen LogP contribution is -2.47. The van der Waals surface area contributed by atoms with E-state index >= 15 is 0 Å². The molecule has 13 nitrogen and oxygen atoms in total. The number of Topliss-reactive ketones (excluding diaryl/α,β-unsaturated/α-hetero) is 1. The predicted molar refractivity (Wildman–Crippen MR) is 98.6 cm³/mol. The zero-order valence-corrected chi connectivity index (χ0v) is 17.5. The van der Waals surface area contributed by atoms with E-state index in [9.17, 15) is 38.4 Å². The number of carbonyl (C=O) groups is 1. The van der Waals surface area contributed by atoms with Crippen molar-refractivity contribution in [3.63, 3.8) is 0 Å². The topological polar surface area (TPSA) is 194 Å². The summed E-state index contributed by atoms with van der Waals surface area (Å²) >= 11 is 0. The van der Waals surface area contributed by atoms with Crippen LogP contribution in [0.2, 0.25) is 0 Å². The Morgan fingerprint density at radius 2 is 2.03 bits per heavy atom.